The molecule has 3 heterocycles. The summed E-state index contributed by atoms with van der Waals surface area (Å²) in [5.74, 6) is 0.431. The van der Waals surface area contributed by atoms with Gasteiger partial charge in [-0.1, -0.05) is 11.8 Å². The molecule has 2 aromatic heterocycles. The first-order valence-corrected chi connectivity index (χ1v) is 11.6. The highest BCUT2D eigenvalue weighted by molar-refractivity contribution is 7.98. The number of nitrogens with zero attached hydrogens (tertiary/aromatic N) is 5. The molecule has 0 saturated carbocycles. The Balaban J connectivity index is 1.67. The van der Waals surface area contributed by atoms with E-state index < -0.39 is 11.9 Å². The molecule has 1 saturated heterocycles. The molecule has 2 aromatic rings. The van der Waals surface area contributed by atoms with Crippen molar-refractivity contribution in [2.75, 3.05) is 58.3 Å². The third kappa shape index (κ3) is 7.10. The number of hydrogen-bond donors (Lipinski definition) is 1. The van der Waals surface area contributed by atoms with Gasteiger partial charge in [-0.2, -0.15) is 13.2 Å². The molecular weight excluding hydrogens is 473 g/mol. The van der Waals surface area contributed by atoms with Crippen molar-refractivity contribution in [2.24, 2.45) is 0 Å². The Labute approximate surface area is 199 Å². The first-order valence-electron chi connectivity index (χ1n) is 10.6. The van der Waals surface area contributed by atoms with Crippen molar-refractivity contribution in [1.82, 2.24) is 25.1 Å². The molecule has 34 heavy (non-hydrogen) atoms. The second-order valence-electron chi connectivity index (χ2n) is 8.00. The van der Waals surface area contributed by atoms with Gasteiger partial charge in [0.2, 0.25) is 5.91 Å². The van der Waals surface area contributed by atoms with Crippen LogP contribution < -0.4 is 10.2 Å². The predicted octanol–water partition coefficient (Wildman–Crippen LogP) is 2.34. The van der Waals surface area contributed by atoms with Crippen LogP contribution in [0.1, 0.15) is 28.9 Å². The Morgan fingerprint density at radius 3 is 2.50 bits per heavy atom. The van der Waals surface area contributed by atoms with Crippen molar-refractivity contribution in [1.29, 1.82) is 0 Å². The molecule has 186 valence electrons. The summed E-state index contributed by atoms with van der Waals surface area (Å²) in [6.45, 7) is 4.17. The highest BCUT2D eigenvalue weighted by atomic mass is 32.2. The van der Waals surface area contributed by atoms with Crippen molar-refractivity contribution in [3.63, 3.8) is 0 Å². The van der Waals surface area contributed by atoms with Crippen molar-refractivity contribution in [2.45, 2.75) is 24.0 Å². The van der Waals surface area contributed by atoms with Crippen molar-refractivity contribution in [3.8, 4) is 0 Å². The van der Waals surface area contributed by atoms with E-state index in [4.69, 9.17) is 4.42 Å². The van der Waals surface area contributed by atoms with Crippen LogP contribution in [-0.2, 0) is 16.7 Å². The van der Waals surface area contributed by atoms with E-state index in [9.17, 15) is 22.8 Å². The summed E-state index contributed by atoms with van der Waals surface area (Å²) >= 11 is 0.989. The molecule has 0 bridgehead atoms. The SMILES string of the molecule is CC(=O)N1CCN(c2cc(C(F)(F)F)nc(SCc3ccc(C(=O)NCCN(C)C)o3)n2)CC1. The predicted molar refractivity (Wildman–Crippen MR) is 121 cm³/mol. The van der Waals surface area contributed by atoms with Crippen molar-refractivity contribution in [3.05, 3.63) is 35.4 Å². The summed E-state index contributed by atoms with van der Waals surface area (Å²) in [5.41, 5.74) is -1.03. The number of thioether (sulfide) groups is 1. The molecule has 3 rings (SSSR count). The lowest BCUT2D eigenvalue weighted by molar-refractivity contribution is -0.141. The average Bonchev–Trinajstić information content (AvgIpc) is 3.26. The molecule has 0 aliphatic carbocycles. The largest absolute Gasteiger partial charge is 0.455 e. The summed E-state index contributed by atoms with van der Waals surface area (Å²) in [6, 6.07) is 4.05. The molecule has 13 heteroatoms. The summed E-state index contributed by atoms with van der Waals surface area (Å²) in [7, 11) is 3.78. The monoisotopic (exact) mass is 500 g/mol. The first-order chi connectivity index (χ1) is 16.0. The highest BCUT2D eigenvalue weighted by Crippen LogP contribution is 2.32. The van der Waals surface area contributed by atoms with Gasteiger partial charge >= 0.3 is 6.18 Å². The number of carbonyl (C=O) groups excluding carboxylic acids is 2. The number of aromatic nitrogens is 2. The first kappa shape index (κ1) is 25.8. The molecule has 0 spiro atoms. The highest BCUT2D eigenvalue weighted by Gasteiger charge is 2.34. The van der Waals surface area contributed by atoms with Gasteiger partial charge in [-0.25, -0.2) is 9.97 Å². The number of alkyl halides is 3. The van der Waals surface area contributed by atoms with Gasteiger partial charge in [-0.05, 0) is 26.2 Å². The third-order valence-corrected chi connectivity index (χ3v) is 5.97. The number of anilines is 1. The standard InChI is InChI=1S/C21H27F3N6O3S/c1-14(31)29-8-10-30(11-9-29)18-12-17(21(22,23)24)26-20(27-18)34-13-15-4-5-16(33-15)19(32)25-6-7-28(2)3/h4-5,12H,6-11,13H2,1-3H3,(H,25,32). The molecule has 1 aliphatic heterocycles. The molecule has 0 aromatic carbocycles. The molecule has 0 radical (unpaired) electrons. The van der Waals surface area contributed by atoms with Crippen LogP contribution in [0.2, 0.25) is 0 Å². The molecule has 1 aliphatic rings. The van der Waals surface area contributed by atoms with Gasteiger partial charge < -0.3 is 24.4 Å². The summed E-state index contributed by atoms with van der Waals surface area (Å²) < 4.78 is 45.9. The second-order valence-corrected chi connectivity index (χ2v) is 8.94. The van der Waals surface area contributed by atoms with Gasteiger partial charge in [0.1, 0.15) is 11.6 Å². The maximum absolute atomic E-state index is 13.5. The van der Waals surface area contributed by atoms with Crippen LogP contribution >= 0.6 is 11.8 Å². The topological polar surface area (TPSA) is 94.8 Å². The molecule has 0 atom stereocenters. The van der Waals surface area contributed by atoms with Gasteiger partial charge in [0.15, 0.2) is 16.6 Å². The van der Waals surface area contributed by atoms with Crippen LogP contribution in [-0.4, -0.2) is 84.9 Å². The van der Waals surface area contributed by atoms with Gasteiger partial charge in [0, 0.05) is 52.3 Å². The zero-order valence-electron chi connectivity index (χ0n) is 19.2. The molecule has 0 unspecified atom stereocenters. The molecule has 1 N–H and O–H groups in total. The van der Waals surface area contributed by atoms with Crippen LogP contribution in [0.25, 0.3) is 0 Å². The minimum atomic E-state index is -4.63. The molecule has 1 fully saturated rings. The van der Waals surface area contributed by atoms with Crippen LogP contribution in [0.5, 0.6) is 0 Å². The number of halogens is 3. The number of rotatable bonds is 8. The van der Waals surface area contributed by atoms with Crippen LogP contribution in [0.15, 0.2) is 27.8 Å². The maximum Gasteiger partial charge on any atom is 0.433 e. The Hall–Kier alpha value is -2.80. The number of nitrogens with one attached hydrogen (secondary N) is 1. The van der Waals surface area contributed by atoms with Crippen LogP contribution in [0, 0.1) is 0 Å². The Bertz CT molecular complexity index is 1010. The molecule has 9 nitrogen and oxygen atoms in total. The number of carbonyl (C=O) groups is 2. The Morgan fingerprint density at radius 2 is 1.88 bits per heavy atom. The van der Waals surface area contributed by atoms with Gasteiger partial charge in [0.25, 0.3) is 5.91 Å². The van der Waals surface area contributed by atoms with Crippen LogP contribution in [0.3, 0.4) is 0 Å². The minimum absolute atomic E-state index is 0.0489. The number of likely N-dealkylation sites (N-methyl/N-ethyl adjacent to an activating group) is 1. The number of piperazine rings is 1. The van der Waals surface area contributed by atoms with E-state index in [1.54, 1.807) is 15.9 Å². The van der Waals surface area contributed by atoms with Gasteiger partial charge in [0.05, 0.1) is 5.75 Å². The summed E-state index contributed by atoms with van der Waals surface area (Å²) in [4.78, 5) is 36.9. The Morgan fingerprint density at radius 1 is 1.18 bits per heavy atom. The normalized spacial score (nSPS) is 14.6. The lowest BCUT2D eigenvalue weighted by Gasteiger charge is -2.35. The average molecular weight is 501 g/mol. The smallest absolute Gasteiger partial charge is 0.433 e. The lowest BCUT2D eigenvalue weighted by atomic mass is 10.3. The van der Waals surface area contributed by atoms with E-state index in [0.29, 0.717) is 45.0 Å². The summed E-state index contributed by atoms with van der Waals surface area (Å²) in [5, 5.41) is 2.69. The quantitative estimate of drug-likeness (QED) is 0.436. The van der Waals surface area contributed by atoms with Gasteiger partial charge in [-0.3, -0.25) is 9.59 Å². The van der Waals surface area contributed by atoms with E-state index in [1.165, 1.54) is 13.0 Å². The second kappa shape index (κ2) is 11.1. The molecular formula is C21H27F3N6O3S. The number of amides is 2. The van der Waals surface area contributed by atoms with Crippen LogP contribution in [0.4, 0.5) is 19.0 Å². The fourth-order valence-corrected chi connectivity index (χ4v) is 3.98. The molecule has 2 amide bonds. The third-order valence-electron chi connectivity index (χ3n) is 5.11. The lowest BCUT2D eigenvalue weighted by Crippen LogP contribution is -2.48. The van der Waals surface area contributed by atoms with E-state index in [0.717, 1.165) is 17.8 Å². The van der Waals surface area contributed by atoms with E-state index in [1.807, 2.05) is 19.0 Å². The minimum Gasteiger partial charge on any atom is -0.455 e. The Kier molecular flexibility index (Phi) is 8.42. The zero-order chi connectivity index (χ0) is 24.9. The number of hydrogen-bond acceptors (Lipinski definition) is 8. The zero-order valence-corrected chi connectivity index (χ0v) is 20.0. The fourth-order valence-electron chi connectivity index (χ4n) is 3.23. The number of furan rings is 1. The van der Waals surface area contributed by atoms with Crippen molar-refractivity contribution >= 4 is 29.4 Å². The van der Waals surface area contributed by atoms with E-state index >= 15 is 0 Å². The maximum atomic E-state index is 13.5. The fraction of sp³-hybridized carbons (Fsp3) is 0.524. The van der Waals surface area contributed by atoms with E-state index in [-0.39, 0.29) is 34.3 Å². The van der Waals surface area contributed by atoms with Crippen molar-refractivity contribution < 1.29 is 27.2 Å². The van der Waals surface area contributed by atoms with Gasteiger partial charge in [-0.15, -0.1) is 0 Å². The summed E-state index contributed by atoms with van der Waals surface area (Å²) in [6.07, 6.45) is -4.63. The van der Waals surface area contributed by atoms with E-state index in [2.05, 4.69) is 15.3 Å².